The number of carbonyl (C=O) groups excluding carboxylic acids is 2. The lowest BCUT2D eigenvalue weighted by Crippen LogP contribution is -2.29. The van der Waals surface area contributed by atoms with Crippen LogP contribution in [-0.2, 0) is 6.54 Å². The maximum absolute atomic E-state index is 12.5. The van der Waals surface area contributed by atoms with Gasteiger partial charge in [0, 0.05) is 37.6 Å². The second-order valence-electron chi connectivity index (χ2n) is 4.51. The highest BCUT2D eigenvalue weighted by atomic mass is 16.2. The van der Waals surface area contributed by atoms with E-state index in [0.29, 0.717) is 30.3 Å². The molecule has 8 heteroatoms. The zero-order chi connectivity index (χ0) is 14.8. The highest BCUT2D eigenvalue weighted by molar-refractivity contribution is 6.06. The standard InChI is InChI=1S/C13H14N6O2/c1-14-13(21)16-10-8-11-18(6-7-19(11)17-10)12(20)9-2-4-15-5-3-9/h2-5,8H,6-7H2,1H3,(H2,14,16,17,21). The molecule has 0 atom stereocenters. The maximum atomic E-state index is 12.5. The summed E-state index contributed by atoms with van der Waals surface area (Å²) in [6.07, 6.45) is 3.17. The second-order valence-corrected chi connectivity index (χ2v) is 4.51. The number of nitrogens with zero attached hydrogens (tertiary/aromatic N) is 4. The smallest absolute Gasteiger partial charge is 0.320 e. The van der Waals surface area contributed by atoms with Gasteiger partial charge in [0.25, 0.3) is 5.91 Å². The second kappa shape index (κ2) is 5.23. The van der Waals surface area contributed by atoms with Crippen LogP contribution in [0, 0.1) is 0 Å². The van der Waals surface area contributed by atoms with Crippen LogP contribution in [0.5, 0.6) is 0 Å². The van der Waals surface area contributed by atoms with Gasteiger partial charge in [-0.25, -0.2) is 9.48 Å². The van der Waals surface area contributed by atoms with E-state index in [2.05, 4.69) is 20.7 Å². The van der Waals surface area contributed by atoms with Gasteiger partial charge in [-0.05, 0) is 12.1 Å². The minimum atomic E-state index is -0.348. The molecular weight excluding hydrogens is 272 g/mol. The van der Waals surface area contributed by atoms with Gasteiger partial charge in [-0.15, -0.1) is 0 Å². The van der Waals surface area contributed by atoms with E-state index in [-0.39, 0.29) is 11.9 Å². The molecule has 0 aliphatic carbocycles. The van der Waals surface area contributed by atoms with Crippen LogP contribution in [0.2, 0.25) is 0 Å². The lowest BCUT2D eigenvalue weighted by Gasteiger charge is -2.14. The fraction of sp³-hybridized carbons (Fsp3) is 0.231. The molecule has 3 amide bonds. The van der Waals surface area contributed by atoms with Crippen LogP contribution < -0.4 is 15.5 Å². The van der Waals surface area contributed by atoms with Gasteiger partial charge in [0.2, 0.25) is 0 Å². The molecule has 1 aliphatic rings. The zero-order valence-corrected chi connectivity index (χ0v) is 11.4. The molecule has 0 fully saturated rings. The first-order valence-electron chi connectivity index (χ1n) is 6.47. The number of aromatic nitrogens is 3. The van der Waals surface area contributed by atoms with E-state index in [9.17, 15) is 9.59 Å². The Morgan fingerprint density at radius 1 is 1.24 bits per heavy atom. The third kappa shape index (κ3) is 2.42. The molecule has 2 aromatic rings. The van der Waals surface area contributed by atoms with Gasteiger partial charge in [0.15, 0.2) is 5.82 Å². The van der Waals surface area contributed by atoms with E-state index in [4.69, 9.17) is 0 Å². The van der Waals surface area contributed by atoms with Gasteiger partial charge in [-0.3, -0.25) is 20.0 Å². The van der Waals surface area contributed by atoms with Gasteiger partial charge < -0.3 is 5.32 Å². The number of amides is 3. The molecule has 2 N–H and O–H groups in total. The van der Waals surface area contributed by atoms with Crippen molar-refractivity contribution in [2.45, 2.75) is 6.54 Å². The molecule has 0 radical (unpaired) electrons. The molecule has 2 aromatic heterocycles. The van der Waals surface area contributed by atoms with Crippen molar-refractivity contribution in [3.63, 3.8) is 0 Å². The Kier molecular flexibility index (Phi) is 3.27. The molecule has 0 aromatic carbocycles. The Hall–Kier alpha value is -2.90. The fourth-order valence-electron chi connectivity index (χ4n) is 2.19. The van der Waals surface area contributed by atoms with Crippen molar-refractivity contribution in [3.8, 4) is 0 Å². The molecule has 21 heavy (non-hydrogen) atoms. The van der Waals surface area contributed by atoms with Gasteiger partial charge in [-0.1, -0.05) is 0 Å². The molecule has 0 saturated carbocycles. The highest BCUT2D eigenvalue weighted by Gasteiger charge is 2.27. The van der Waals surface area contributed by atoms with Crippen molar-refractivity contribution in [2.75, 3.05) is 23.8 Å². The number of urea groups is 1. The summed E-state index contributed by atoms with van der Waals surface area (Å²) in [5.74, 6) is 0.974. The van der Waals surface area contributed by atoms with Crippen LogP contribution in [-0.4, -0.2) is 40.3 Å². The largest absolute Gasteiger partial charge is 0.341 e. The third-order valence-corrected chi connectivity index (χ3v) is 3.21. The quantitative estimate of drug-likeness (QED) is 0.849. The maximum Gasteiger partial charge on any atom is 0.320 e. The van der Waals surface area contributed by atoms with Crippen LogP contribution in [0.4, 0.5) is 16.4 Å². The number of carbonyl (C=O) groups is 2. The monoisotopic (exact) mass is 286 g/mol. The molecule has 3 heterocycles. The zero-order valence-electron chi connectivity index (χ0n) is 11.4. The number of nitrogens with one attached hydrogen (secondary N) is 2. The van der Waals surface area contributed by atoms with Crippen molar-refractivity contribution in [2.24, 2.45) is 0 Å². The van der Waals surface area contributed by atoms with Crippen LogP contribution in [0.3, 0.4) is 0 Å². The fourth-order valence-corrected chi connectivity index (χ4v) is 2.19. The Labute approximate surface area is 120 Å². The minimum Gasteiger partial charge on any atom is -0.341 e. The normalized spacial score (nSPS) is 12.9. The van der Waals surface area contributed by atoms with E-state index in [1.165, 1.54) is 7.05 Å². The molecule has 1 aliphatic heterocycles. The predicted molar refractivity (Wildman–Crippen MR) is 76.2 cm³/mol. The topological polar surface area (TPSA) is 92.2 Å². The highest BCUT2D eigenvalue weighted by Crippen LogP contribution is 2.26. The number of fused-ring (bicyclic) bond motifs is 1. The Morgan fingerprint density at radius 3 is 2.71 bits per heavy atom. The summed E-state index contributed by atoms with van der Waals surface area (Å²) in [5.41, 5.74) is 0.570. The molecular formula is C13H14N6O2. The summed E-state index contributed by atoms with van der Waals surface area (Å²) in [5, 5.41) is 9.29. The summed E-state index contributed by atoms with van der Waals surface area (Å²) in [7, 11) is 1.53. The van der Waals surface area contributed by atoms with Crippen molar-refractivity contribution >= 4 is 23.6 Å². The van der Waals surface area contributed by atoms with Gasteiger partial charge in [0.05, 0.1) is 6.54 Å². The number of rotatable bonds is 2. The van der Waals surface area contributed by atoms with Gasteiger partial charge in [-0.2, -0.15) is 5.10 Å². The van der Waals surface area contributed by atoms with E-state index in [1.54, 1.807) is 40.2 Å². The Balaban J connectivity index is 1.83. The summed E-state index contributed by atoms with van der Waals surface area (Å²) in [4.78, 5) is 29.3. The summed E-state index contributed by atoms with van der Waals surface area (Å²) < 4.78 is 1.70. The third-order valence-electron chi connectivity index (χ3n) is 3.21. The lowest BCUT2D eigenvalue weighted by atomic mass is 10.2. The molecule has 3 rings (SSSR count). The van der Waals surface area contributed by atoms with E-state index in [0.717, 1.165) is 0 Å². The van der Waals surface area contributed by atoms with Crippen molar-refractivity contribution in [3.05, 3.63) is 36.2 Å². The van der Waals surface area contributed by atoms with Crippen LogP contribution >= 0.6 is 0 Å². The van der Waals surface area contributed by atoms with Gasteiger partial charge in [0.1, 0.15) is 5.82 Å². The number of anilines is 2. The summed E-state index contributed by atoms with van der Waals surface area (Å²) in [6.45, 7) is 1.16. The summed E-state index contributed by atoms with van der Waals surface area (Å²) in [6, 6.07) is 4.68. The molecule has 8 nitrogen and oxygen atoms in total. The molecule has 0 bridgehead atoms. The molecule has 0 saturated heterocycles. The first-order valence-corrected chi connectivity index (χ1v) is 6.47. The minimum absolute atomic E-state index is 0.109. The molecule has 0 spiro atoms. The van der Waals surface area contributed by atoms with Crippen molar-refractivity contribution in [1.29, 1.82) is 0 Å². The van der Waals surface area contributed by atoms with Crippen LogP contribution in [0.25, 0.3) is 0 Å². The van der Waals surface area contributed by atoms with Crippen molar-refractivity contribution < 1.29 is 9.59 Å². The Morgan fingerprint density at radius 2 is 2.00 bits per heavy atom. The van der Waals surface area contributed by atoms with E-state index in [1.807, 2.05) is 0 Å². The van der Waals surface area contributed by atoms with Crippen LogP contribution in [0.1, 0.15) is 10.4 Å². The van der Waals surface area contributed by atoms with E-state index < -0.39 is 0 Å². The average Bonchev–Trinajstić information content (AvgIpc) is 3.07. The first-order chi connectivity index (χ1) is 10.2. The molecule has 0 unspecified atom stereocenters. The number of hydrogen-bond donors (Lipinski definition) is 2. The molecule has 108 valence electrons. The lowest BCUT2D eigenvalue weighted by molar-refractivity contribution is 0.0989. The first kappa shape index (κ1) is 13.1. The number of pyridine rings is 1. The average molecular weight is 286 g/mol. The van der Waals surface area contributed by atoms with E-state index >= 15 is 0 Å². The van der Waals surface area contributed by atoms with Gasteiger partial charge >= 0.3 is 6.03 Å². The Bertz CT molecular complexity index is 681. The number of hydrogen-bond acceptors (Lipinski definition) is 4. The summed E-state index contributed by atoms with van der Waals surface area (Å²) >= 11 is 0. The van der Waals surface area contributed by atoms with Crippen LogP contribution in [0.15, 0.2) is 30.6 Å². The SMILES string of the molecule is CNC(=O)Nc1cc2n(n1)CCN2C(=O)c1ccncc1. The predicted octanol–water partition coefficient (Wildman–Crippen LogP) is 0.690. The van der Waals surface area contributed by atoms with Crippen molar-refractivity contribution in [1.82, 2.24) is 20.1 Å².